The van der Waals surface area contributed by atoms with E-state index in [0.717, 1.165) is 18.6 Å². The Labute approximate surface area is 224 Å². The number of carbonyl (C=O) groups is 3. The number of amides is 3. The van der Waals surface area contributed by atoms with Crippen LogP contribution in [0.2, 0.25) is 0 Å². The molecule has 4 rings (SSSR count). The SMILES string of the molecule is CCOc1ccc(NC(=O)[C@@H]2[C@H]3C(=O)N([C@@H](CO)[C@@H](C)CC)C(C(=O)NC(C)C)C34CC[C@@]2(C)S4)cc1. The number of nitrogens with zero attached hydrogens (tertiary/aromatic N) is 1. The Morgan fingerprint density at radius 2 is 1.84 bits per heavy atom. The van der Waals surface area contributed by atoms with E-state index in [4.69, 9.17) is 4.74 Å². The molecule has 2 bridgehead atoms. The summed E-state index contributed by atoms with van der Waals surface area (Å²) in [5.41, 5.74) is 0.642. The van der Waals surface area contributed by atoms with Gasteiger partial charge in [-0.3, -0.25) is 14.4 Å². The number of aliphatic hydroxyl groups is 1. The van der Waals surface area contributed by atoms with Gasteiger partial charge in [0, 0.05) is 16.5 Å². The molecule has 8 nitrogen and oxygen atoms in total. The highest BCUT2D eigenvalue weighted by Gasteiger charge is 2.77. The van der Waals surface area contributed by atoms with Gasteiger partial charge in [-0.1, -0.05) is 20.3 Å². The fraction of sp³-hybridized carbons (Fsp3) is 0.679. The summed E-state index contributed by atoms with van der Waals surface area (Å²) in [7, 11) is 0. The van der Waals surface area contributed by atoms with Crippen molar-refractivity contribution < 1.29 is 24.2 Å². The lowest BCUT2D eigenvalue weighted by atomic mass is 9.66. The van der Waals surface area contributed by atoms with Crippen molar-refractivity contribution in [2.75, 3.05) is 18.5 Å². The standard InChI is InChI=1S/C28H41N3O5S/c1-7-17(5)20(15-32)31-23(25(34)29-16(3)4)28-14-13-27(6,37-28)21(22(28)26(31)35)24(33)30-18-9-11-19(12-10-18)36-8-2/h9-12,16-17,20-23,32H,7-8,13-15H2,1-6H3,(H,29,34)(H,30,33)/t17-,20-,21-,22-,23?,27+,28?/m0/s1. The molecule has 2 unspecified atom stereocenters. The second-order valence-corrected chi connectivity index (χ2v) is 13.1. The zero-order valence-corrected chi connectivity index (χ0v) is 23.6. The van der Waals surface area contributed by atoms with Gasteiger partial charge in [0.2, 0.25) is 17.7 Å². The van der Waals surface area contributed by atoms with Gasteiger partial charge < -0.3 is 25.4 Å². The number of likely N-dealkylation sites (tertiary alicyclic amines) is 1. The molecule has 9 heteroatoms. The number of hydrogen-bond donors (Lipinski definition) is 3. The lowest BCUT2D eigenvalue weighted by Gasteiger charge is -2.39. The van der Waals surface area contributed by atoms with Gasteiger partial charge in [0.1, 0.15) is 11.8 Å². The predicted octanol–water partition coefficient (Wildman–Crippen LogP) is 3.44. The van der Waals surface area contributed by atoms with Crippen molar-refractivity contribution in [3.8, 4) is 5.75 Å². The van der Waals surface area contributed by atoms with Crippen LogP contribution in [0.1, 0.15) is 60.8 Å². The Morgan fingerprint density at radius 1 is 1.16 bits per heavy atom. The Bertz CT molecular complexity index is 1030. The molecule has 3 aliphatic rings. The quantitative estimate of drug-likeness (QED) is 0.427. The third-order valence-electron chi connectivity index (χ3n) is 8.45. The number of carbonyl (C=O) groups excluding carboxylic acids is 3. The first-order chi connectivity index (χ1) is 17.5. The molecule has 3 saturated heterocycles. The third-order valence-corrected chi connectivity index (χ3v) is 10.4. The molecule has 204 valence electrons. The van der Waals surface area contributed by atoms with Crippen molar-refractivity contribution in [3.63, 3.8) is 0 Å². The summed E-state index contributed by atoms with van der Waals surface area (Å²) in [6.45, 7) is 12.1. The first-order valence-corrected chi connectivity index (χ1v) is 14.3. The topological polar surface area (TPSA) is 108 Å². The van der Waals surface area contributed by atoms with E-state index in [1.54, 1.807) is 28.8 Å². The van der Waals surface area contributed by atoms with Crippen LogP contribution in [0.4, 0.5) is 5.69 Å². The molecular formula is C28H41N3O5S. The van der Waals surface area contributed by atoms with Crippen LogP contribution in [0.5, 0.6) is 5.75 Å². The van der Waals surface area contributed by atoms with Gasteiger partial charge in [0.15, 0.2) is 0 Å². The number of benzene rings is 1. The predicted molar refractivity (Wildman–Crippen MR) is 145 cm³/mol. The summed E-state index contributed by atoms with van der Waals surface area (Å²) < 4.78 is 4.35. The van der Waals surface area contributed by atoms with Gasteiger partial charge in [0.05, 0.1) is 35.8 Å². The monoisotopic (exact) mass is 531 g/mol. The lowest BCUT2D eigenvalue weighted by molar-refractivity contribution is -0.143. The van der Waals surface area contributed by atoms with Crippen molar-refractivity contribution in [1.82, 2.24) is 10.2 Å². The van der Waals surface area contributed by atoms with Crippen LogP contribution in [0.15, 0.2) is 24.3 Å². The maximum atomic E-state index is 14.2. The molecule has 0 aromatic heterocycles. The minimum atomic E-state index is -0.728. The Kier molecular flexibility index (Phi) is 7.87. The summed E-state index contributed by atoms with van der Waals surface area (Å²) >= 11 is 1.64. The van der Waals surface area contributed by atoms with Crippen LogP contribution in [0.3, 0.4) is 0 Å². The van der Waals surface area contributed by atoms with E-state index in [1.165, 1.54) is 0 Å². The molecule has 1 aromatic rings. The molecular weight excluding hydrogens is 490 g/mol. The van der Waals surface area contributed by atoms with Crippen LogP contribution in [-0.2, 0) is 14.4 Å². The Hall–Kier alpha value is -2.26. The fourth-order valence-corrected chi connectivity index (χ4v) is 8.96. The molecule has 0 saturated carbocycles. The van der Waals surface area contributed by atoms with Crippen molar-refractivity contribution in [2.24, 2.45) is 17.8 Å². The van der Waals surface area contributed by atoms with E-state index in [1.807, 2.05) is 46.8 Å². The van der Waals surface area contributed by atoms with Crippen LogP contribution in [0.25, 0.3) is 0 Å². The molecule has 3 amide bonds. The average molecular weight is 532 g/mol. The van der Waals surface area contributed by atoms with E-state index in [-0.39, 0.29) is 36.3 Å². The molecule has 3 heterocycles. The number of anilines is 1. The van der Waals surface area contributed by atoms with E-state index >= 15 is 0 Å². The van der Waals surface area contributed by atoms with Gasteiger partial charge in [-0.25, -0.2) is 0 Å². The fourth-order valence-electron chi connectivity index (χ4n) is 6.62. The van der Waals surface area contributed by atoms with Crippen molar-refractivity contribution >= 4 is 35.2 Å². The number of fused-ring (bicyclic) bond motifs is 1. The largest absolute Gasteiger partial charge is 0.494 e. The minimum Gasteiger partial charge on any atom is -0.494 e. The summed E-state index contributed by atoms with van der Waals surface area (Å²) in [5, 5.41) is 16.4. The van der Waals surface area contributed by atoms with Gasteiger partial charge >= 0.3 is 0 Å². The summed E-state index contributed by atoms with van der Waals surface area (Å²) in [6.07, 6.45) is 2.19. The zero-order valence-electron chi connectivity index (χ0n) is 22.7. The number of thioether (sulfide) groups is 1. The highest BCUT2D eigenvalue weighted by molar-refractivity contribution is 8.02. The summed E-state index contributed by atoms with van der Waals surface area (Å²) in [4.78, 5) is 43.4. The van der Waals surface area contributed by atoms with Gasteiger partial charge in [-0.05, 0) is 70.7 Å². The molecule has 37 heavy (non-hydrogen) atoms. The molecule has 1 aromatic carbocycles. The lowest BCUT2D eigenvalue weighted by Crippen LogP contribution is -2.58. The second kappa shape index (κ2) is 10.5. The molecule has 0 aliphatic carbocycles. The van der Waals surface area contributed by atoms with Crippen molar-refractivity contribution in [1.29, 1.82) is 0 Å². The molecule has 3 aliphatic heterocycles. The van der Waals surface area contributed by atoms with Crippen molar-refractivity contribution in [2.45, 2.75) is 88.4 Å². The van der Waals surface area contributed by atoms with E-state index < -0.39 is 33.4 Å². The first-order valence-electron chi connectivity index (χ1n) is 13.5. The smallest absolute Gasteiger partial charge is 0.244 e. The average Bonchev–Trinajstić information content (AvgIpc) is 3.41. The number of hydrogen-bond acceptors (Lipinski definition) is 6. The molecule has 3 fully saturated rings. The highest BCUT2D eigenvalue weighted by Crippen LogP contribution is 2.71. The van der Waals surface area contributed by atoms with Gasteiger partial charge in [-0.15, -0.1) is 11.8 Å². The number of aliphatic hydroxyl groups excluding tert-OH is 1. The van der Waals surface area contributed by atoms with Gasteiger partial charge in [-0.2, -0.15) is 0 Å². The maximum Gasteiger partial charge on any atom is 0.244 e. The molecule has 7 atom stereocenters. The third kappa shape index (κ3) is 4.62. The zero-order chi connectivity index (χ0) is 27.1. The number of rotatable bonds is 10. The Morgan fingerprint density at radius 3 is 2.41 bits per heavy atom. The van der Waals surface area contributed by atoms with Crippen LogP contribution in [-0.4, -0.2) is 68.6 Å². The number of ether oxygens (including phenoxy) is 1. The van der Waals surface area contributed by atoms with E-state index in [2.05, 4.69) is 17.6 Å². The Balaban J connectivity index is 1.71. The normalized spacial score (nSPS) is 31.8. The van der Waals surface area contributed by atoms with Crippen LogP contribution >= 0.6 is 11.8 Å². The molecule has 0 radical (unpaired) electrons. The van der Waals surface area contributed by atoms with E-state index in [0.29, 0.717) is 18.7 Å². The second-order valence-electron chi connectivity index (χ2n) is 11.2. The maximum absolute atomic E-state index is 14.2. The van der Waals surface area contributed by atoms with Crippen molar-refractivity contribution in [3.05, 3.63) is 24.3 Å². The minimum absolute atomic E-state index is 0.00689. The van der Waals surface area contributed by atoms with E-state index in [9.17, 15) is 19.5 Å². The van der Waals surface area contributed by atoms with Gasteiger partial charge in [0.25, 0.3) is 0 Å². The molecule has 1 spiro atoms. The summed E-state index contributed by atoms with van der Waals surface area (Å²) in [5.74, 6) is -1.06. The summed E-state index contributed by atoms with van der Waals surface area (Å²) in [6, 6.07) is 5.92. The first kappa shape index (κ1) is 27.8. The van der Waals surface area contributed by atoms with Crippen LogP contribution < -0.4 is 15.4 Å². The number of nitrogens with one attached hydrogen (secondary N) is 2. The highest BCUT2D eigenvalue weighted by atomic mass is 32.2. The van der Waals surface area contributed by atoms with Crippen LogP contribution in [0, 0.1) is 17.8 Å². The molecule has 3 N–H and O–H groups in total.